The number of aromatic nitrogens is 3. The number of aliphatic hydroxyl groups excluding tert-OH is 1. The van der Waals surface area contributed by atoms with E-state index in [9.17, 15) is 36.2 Å². The average Bonchev–Trinajstić information content (AvgIpc) is 3.10. The van der Waals surface area contributed by atoms with Gasteiger partial charge in [0.25, 0.3) is 5.91 Å². The van der Waals surface area contributed by atoms with Crippen molar-refractivity contribution in [2.75, 3.05) is 23.3 Å². The van der Waals surface area contributed by atoms with Gasteiger partial charge >= 0.3 is 12.4 Å². The highest BCUT2D eigenvalue weighted by molar-refractivity contribution is 5.97. The summed E-state index contributed by atoms with van der Waals surface area (Å²) in [6.45, 7) is 0.687. The first-order chi connectivity index (χ1) is 14.5. The second kappa shape index (κ2) is 7.39. The third-order valence-corrected chi connectivity index (χ3v) is 5.61. The number of piperidine rings is 1. The summed E-state index contributed by atoms with van der Waals surface area (Å²) >= 11 is 0. The van der Waals surface area contributed by atoms with E-state index in [-0.39, 0.29) is 17.1 Å². The lowest BCUT2D eigenvalue weighted by Gasteiger charge is -2.34. The maximum atomic E-state index is 13.6. The van der Waals surface area contributed by atoms with E-state index in [2.05, 4.69) is 20.5 Å². The zero-order chi connectivity index (χ0) is 22.6. The second-order valence-corrected chi connectivity index (χ2v) is 7.52. The maximum absolute atomic E-state index is 13.6. The lowest BCUT2D eigenvalue weighted by Crippen LogP contribution is -2.44. The van der Waals surface area contributed by atoms with E-state index in [0.717, 1.165) is 12.3 Å². The summed E-state index contributed by atoms with van der Waals surface area (Å²) in [5.74, 6) is -3.78. The number of aliphatic hydroxyl groups is 1. The fourth-order valence-electron chi connectivity index (χ4n) is 4.06. The molecule has 0 aromatic carbocycles. The molecule has 168 valence electrons. The van der Waals surface area contributed by atoms with E-state index < -0.39 is 41.8 Å². The summed E-state index contributed by atoms with van der Waals surface area (Å²) in [5.41, 5.74) is -1.02. The summed E-state index contributed by atoms with van der Waals surface area (Å²) in [4.78, 5) is 17.3. The molecule has 4 heterocycles. The first-order valence-electron chi connectivity index (χ1n) is 9.39. The first-order valence-corrected chi connectivity index (χ1v) is 9.39. The molecule has 1 saturated heterocycles. The largest absolute Gasteiger partial charge is 0.417 e. The molecule has 2 aromatic heterocycles. The minimum Gasteiger partial charge on any atom is -0.382 e. The number of amides is 1. The SMILES string of the molecule is O=C1Nc2[nH]nc(C3CCN(c4ccc(C(F)(F)F)cn4)CC3)c2C(C(F)(F)F)C1O. The summed E-state index contributed by atoms with van der Waals surface area (Å²) in [5, 5.41) is 18.5. The van der Waals surface area contributed by atoms with E-state index in [4.69, 9.17) is 0 Å². The third-order valence-electron chi connectivity index (χ3n) is 5.61. The van der Waals surface area contributed by atoms with Gasteiger partial charge in [-0.2, -0.15) is 31.4 Å². The number of H-pyrrole nitrogens is 1. The number of hydrogen-bond acceptors (Lipinski definition) is 5. The van der Waals surface area contributed by atoms with Crippen LogP contribution in [0.3, 0.4) is 0 Å². The number of halogens is 6. The van der Waals surface area contributed by atoms with Crippen LogP contribution in [0, 0.1) is 0 Å². The Morgan fingerprint density at radius 1 is 1.10 bits per heavy atom. The predicted molar refractivity (Wildman–Crippen MR) is 95.4 cm³/mol. The van der Waals surface area contributed by atoms with Crippen LogP contribution in [-0.4, -0.2) is 51.6 Å². The normalized spacial score (nSPS) is 22.9. The van der Waals surface area contributed by atoms with Crippen molar-refractivity contribution in [2.24, 2.45) is 0 Å². The number of nitrogens with zero attached hydrogens (tertiary/aromatic N) is 3. The standard InChI is InChI=1S/C18H17F6N5O2/c19-17(20,21)9-1-2-10(25-7-9)29-5-3-8(4-6-29)13-11-12(18(22,23)24)14(30)16(31)26-15(11)28-27-13/h1-2,7-8,12,14,30H,3-6H2,(H2,26,27,28,31). The molecule has 2 aliphatic heterocycles. The van der Waals surface area contributed by atoms with Crippen LogP contribution in [0.5, 0.6) is 0 Å². The Hall–Kier alpha value is -2.83. The van der Waals surface area contributed by atoms with Crippen molar-refractivity contribution >= 4 is 17.5 Å². The lowest BCUT2D eigenvalue weighted by atomic mass is 9.83. The van der Waals surface area contributed by atoms with Gasteiger partial charge in [0.15, 0.2) is 0 Å². The predicted octanol–water partition coefficient (Wildman–Crippen LogP) is 3.17. The molecule has 2 aromatic rings. The van der Waals surface area contributed by atoms with Crippen LogP contribution in [0.2, 0.25) is 0 Å². The Labute approximate surface area is 171 Å². The highest BCUT2D eigenvalue weighted by atomic mass is 19.4. The Morgan fingerprint density at radius 3 is 2.32 bits per heavy atom. The minimum absolute atomic E-state index is 0.122. The van der Waals surface area contributed by atoms with Gasteiger partial charge in [-0.05, 0) is 25.0 Å². The minimum atomic E-state index is -4.85. The van der Waals surface area contributed by atoms with Crippen molar-refractivity contribution in [3.8, 4) is 0 Å². The maximum Gasteiger partial charge on any atom is 0.417 e. The van der Waals surface area contributed by atoms with Gasteiger partial charge in [0.05, 0.1) is 11.3 Å². The topological polar surface area (TPSA) is 94.1 Å². The number of hydrogen-bond donors (Lipinski definition) is 3. The van der Waals surface area contributed by atoms with Gasteiger partial charge in [-0.25, -0.2) is 4.98 Å². The molecule has 3 N–H and O–H groups in total. The number of aromatic amines is 1. The van der Waals surface area contributed by atoms with E-state index in [1.54, 1.807) is 4.90 Å². The quantitative estimate of drug-likeness (QED) is 0.613. The zero-order valence-electron chi connectivity index (χ0n) is 15.8. The number of carbonyl (C=O) groups is 1. The molecule has 0 saturated carbocycles. The molecule has 4 rings (SSSR count). The van der Waals surface area contributed by atoms with E-state index in [1.807, 2.05) is 0 Å². The van der Waals surface area contributed by atoms with Crippen LogP contribution in [0.25, 0.3) is 0 Å². The fraction of sp³-hybridized carbons (Fsp3) is 0.500. The van der Waals surface area contributed by atoms with Gasteiger partial charge in [-0.3, -0.25) is 9.89 Å². The van der Waals surface area contributed by atoms with Gasteiger partial charge in [0.2, 0.25) is 0 Å². The van der Waals surface area contributed by atoms with E-state index in [1.165, 1.54) is 6.07 Å². The van der Waals surface area contributed by atoms with Crippen molar-refractivity contribution in [2.45, 2.75) is 43.1 Å². The van der Waals surface area contributed by atoms with E-state index >= 15 is 0 Å². The van der Waals surface area contributed by atoms with Crippen molar-refractivity contribution in [3.63, 3.8) is 0 Å². The third kappa shape index (κ3) is 3.93. The second-order valence-electron chi connectivity index (χ2n) is 7.52. The highest BCUT2D eigenvalue weighted by Gasteiger charge is 2.53. The average molecular weight is 449 g/mol. The summed E-state index contributed by atoms with van der Waals surface area (Å²) < 4.78 is 78.8. The number of fused-ring (bicyclic) bond motifs is 1. The number of nitrogens with one attached hydrogen (secondary N) is 2. The number of anilines is 2. The van der Waals surface area contributed by atoms with Crippen molar-refractivity contribution < 1.29 is 36.2 Å². The van der Waals surface area contributed by atoms with Crippen molar-refractivity contribution in [1.29, 1.82) is 0 Å². The van der Waals surface area contributed by atoms with Crippen LogP contribution in [0.1, 0.15) is 41.5 Å². The molecule has 0 bridgehead atoms. The highest BCUT2D eigenvalue weighted by Crippen LogP contribution is 2.47. The Balaban J connectivity index is 1.52. The number of alkyl halides is 6. The molecule has 2 aliphatic rings. The van der Waals surface area contributed by atoms with Gasteiger partial charge in [0.1, 0.15) is 23.7 Å². The van der Waals surface area contributed by atoms with Gasteiger partial charge in [-0.1, -0.05) is 0 Å². The number of rotatable bonds is 2. The summed E-state index contributed by atoms with van der Waals surface area (Å²) in [6.07, 6.45) is -10.1. The molecule has 13 heteroatoms. The van der Waals surface area contributed by atoms with Gasteiger partial charge in [-0.15, -0.1) is 0 Å². The molecule has 31 heavy (non-hydrogen) atoms. The number of pyridine rings is 1. The molecule has 1 amide bonds. The molecule has 7 nitrogen and oxygen atoms in total. The van der Waals surface area contributed by atoms with Crippen LogP contribution in [0.4, 0.5) is 38.0 Å². The van der Waals surface area contributed by atoms with Crippen LogP contribution in [0.15, 0.2) is 18.3 Å². The summed E-state index contributed by atoms with van der Waals surface area (Å²) in [6, 6.07) is 2.18. The Kier molecular flexibility index (Phi) is 5.10. The summed E-state index contributed by atoms with van der Waals surface area (Å²) in [7, 11) is 0. The van der Waals surface area contributed by atoms with Crippen LogP contribution >= 0.6 is 0 Å². The molecule has 2 unspecified atom stereocenters. The van der Waals surface area contributed by atoms with E-state index in [0.29, 0.717) is 31.7 Å². The molecular formula is C18H17F6N5O2. The van der Waals surface area contributed by atoms with Gasteiger partial charge < -0.3 is 15.3 Å². The number of carbonyl (C=O) groups excluding carboxylic acids is 1. The first kappa shape index (κ1) is 21.4. The molecule has 2 atom stereocenters. The van der Waals surface area contributed by atoms with Crippen LogP contribution < -0.4 is 10.2 Å². The molecule has 0 aliphatic carbocycles. The molecule has 1 fully saturated rings. The fourth-order valence-corrected chi connectivity index (χ4v) is 4.06. The smallest absolute Gasteiger partial charge is 0.382 e. The zero-order valence-corrected chi connectivity index (χ0v) is 15.8. The van der Waals surface area contributed by atoms with Crippen molar-refractivity contribution in [1.82, 2.24) is 15.2 Å². The Bertz CT molecular complexity index is 963. The van der Waals surface area contributed by atoms with Crippen LogP contribution in [-0.2, 0) is 11.0 Å². The molecular weight excluding hydrogens is 432 g/mol. The Morgan fingerprint density at radius 2 is 1.77 bits per heavy atom. The molecule has 0 radical (unpaired) electrons. The van der Waals surface area contributed by atoms with Crippen molar-refractivity contribution in [3.05, 3.63) is 35.2 Å². The van der Waals surface area contributed by atoms with Gasteiger partial charge in [0, 0.05) is 30.8 Å². The monoisotopic (exact) mass is 449 g/mol. The lowest BCUT2D eigenvalue weighted by molar-refractivity contribution is -0.177. The molecule has 0 spiro atoms.